The Morgan fingerprint density at radius 2 is 1.88 bits per heavy atom. The third-order valence-electron chi connectivity index (χ3n) is 5.07. The molecule has 2 rings (SSSR count). The highest BCUT2D eigenvalue weighted by Crippen LogP contribution is 2.43. The summed E-state index contributed by atoms with van der Waals surface area (Å²) in [5.41, 5.74) is 3.01. The number of hydrogen-bond donors (Lipinski definition) is 2. The van der Waals surface area contributed by atoms with E-state index in [1.807, 2.05) is 0 Å². The molecular formula is C20H32N2O2. The van der Waals surface area contributed by atoms with E-state index in [2.05, 4.69) is 55.7 Å². The van der Waals surface area contributed by atoms with Crippen LogP contribution in [0.1, 0.15) is 51.2 Å². The highest BCUT2D eigenvalue weighted by molar-refractivity contribution is 5.78. The van der Waals surface area contributed by atoms with Gasteiger partial charge < -0.3 is 15.4 Å². The van der Waals surface area contributed by atoms with Crippen molar-refractivity contribution in [1.82, 2.24) is 10.6 Å². The predicted octanol–water partition coefficient (Wildman–Crippen LogP) is 2.76. The monoisotopic (exact) mass is 332 g/mol. The van der Waals surface area contributed by atoms with E-state index >= 15 is 0 Å². The van der Waals surface area contributed by atoms with Crippen LogP contribution < -0.4 is 10.6 Å². The lowest BCUT2D eigenvalue weighted by atomic mass is 9.64. The van der Waals surface area contributed by atoms with Gasteiger partial charge in [-0.3, -0.25) is 4.79 Å². The molecule has 4 heteroatoms. The van der Waals surface area contributed by atoms with Gasteiger partial charge in [0.15, 0.2) is 0 Å². The van der Waals surface area contributed by atoms with Crippen molar-refractivity contribution in [1.29, 1.82) is 0 Å². The molecule has 0 atom stereocenters. The summed E-state index contributed by atoms with van der Waals surface area (Å²) in [6.45, 7) is 9.10. The summed E-state index contributed by atoms with van der Waals surface area (Å²) in [6, 6.07) is 8.98. The molecule has 1 aliphatic carbocycles. The van der Waals surface area contributed by atoms with Gasteiger partial charge in [-0.25, -0.2) is 0 Å². The maximum Gasteiger partial charge on any atom is 0.233 e. The van der Waals surface area contributed by atoms with Crippen molar-refractivity contribution in [3.05, 3.63) is 35.4 Å². The average molecular weight is 332 g/mol. The minimum atomic E-state index is 0.0590. The first kappa shape index (κ1) is 18.9. The van der Waals surface area contributed by atoms with Crippen LogP contribution in [-0.4, -0.2) is 39.3 Å². The number of hydrogen-bond acceptors (Lipinski definition) is 3. The number of nitrogens with one attached hydrogen (secondary N) is 2. The van der Waals surface area contributed by atoms with Crippen molar-refractivity contribution < 1.29 is 9.53 Å². The molecular weight excluding hydrogens is 300 g/mol. The van der Waals surface area contributed by atoms with Gasteiger partial charge in [0, 0.05) is 25.6 Å². The number of ether oxygens (including phenoxy) is 1. The molecule has 0 saturated heterocycles. The third-order valence-corrected chi connectivity index (χ3v) is 5.07. The number of rotatable bonds is 8. The van der Waals surface area contributed by atoms with Crippen LogP contribution in [0.5, 0.6) is 0 Å². The molecule has 24 heavy (non-hydrogen) atoms. The van der Waals surface area contributed by atoms with Gasteiger partial charge in [0.1, 0.15) is 0 Å². The van der Waals surface area contributed by atoms with E-state index in [9.17, 15) is 4.79 Å². The number of amides is 1. The topological polar surface area (TPSA) is 50.4 Å². The van der Waals surface area contributed by atoms with Gasteiger partial charge >= 0.3 is 0 Å². The molecule has 4 nitrogen and oxygen atoms in total. The van der Waals surface area contributed by atoms with Crippen molar-refractivity contribution in [2.75, 3.05) is 33.4 Å². The normalized spacial score (nSPS) is 16.5. The number of benzene rings is 1. The minimum absolute atomic E-state index is 0.0590. The largest absolute Gasteiger partial charge is 0.383 e. The lowest BCUT2D eigenvalue weighted by Gasteiger charge is -2.43. The molecule has 0 radical (unpaired) electrons. The van der Waals surface area contributed by atoms with Crippen molar-refractivity contribution in [3.63, 3.8) is 0 Å². The van der Waals surface area contributed by atoms with Gasteiger partial charge in [-0.1, -0.05) is 51.5 Å². The Morgan fingerprint density at radius 3 is 2.38 bits per heavy atom. The number of carbonyl (C=O) groups excluding carboxylic acids is 1. The molecule has 1 fully saturated rings. The van der Waals surface area contributed by atoms with E-state index in [1.165, 1.54) is 17.5 Å². The summed E-state index contributed by atoms with van der Waals surface area (Å²) >= 11 is 0. The molecule has 0 bridgehead atoms. The molecule has 0 heterocycles. The van der Waals surface area contributed by atoms with E-state index in [0.717, 1.165) is 19.4 Å². The van der Waals surface area contributed by atoms with E-state index in [0.29, 0.717) is 19.7 Å². The van der Waals surface area contributed by atoms with Crippen molar-refractivity contribution in [3.8, 4) is 0 Å². The second-order valence-corrected chi connectivity index (χ2v) is 7.91. The third kappa shape index (κ3) is 4.81. The fourth-order valence-corrected chi connectivity index (χ4v) is 3.20. The van der Waals surface area contributed by atoms with Crippen LogP contribution in [0.3, 0.4) is 0 Å². The molecule has 0 aromatic heterocycles. The quantitative estimate of drug-likeness (QED) is 0.720. The second kappa shape index (κ2) is 8.13. The Hall–Kier alpha value is -1.39. The second-order valence-electron chi connectivity index (χ2n) is 7.91. The first-order valence-corrected chi connectivity index (χ1v) is 8.95. The summed E-state index contributed by atoms with van der Waals surface area (Å²) in [7, 11) is 1.66. The lowest BCUT2D eigenvalue weighted by molar-refractivity contribution is -0.120. The van der Waals surface area contributed by atoms with E-state index in [1.54, 1.807) is 7.11 Å². The zero-order chi connectivity index (χ0) is 17.6. The molecule has 0 aliphatic heterocycles. The van der Waals surface area contributed by atoms with Crippen LogP contribution in [0, 0.1) is 0 Å². The molecule has 1 saturated carbocycles. The summed E-state index contributed by atoms with van der Waals surface area (Å²) < 4.78 is 4.96. The highest BCUT2D eigenvalue weighted by atomic mass is 16.5. The standard InChI is InChI=1S/C20H32N2O2/c1-19(2,3)16-6-8-17(9-7-16)20(10-5-11-20)15-22-18(23)14-21-12-13-24-4/h6-9,21H,5,10-15H2,1-4H3,(H,22,23). The summed E-state index contributed by atoms with van der Waals surface area (Å²) in [5, 5.41) is 6.19. The number of carbonyl (C=O) groups is 1. The zero-order valence-corrected chi connectivity index (χ0v) is 15.6. The molecule has 2 N–H and O–H groups in total. The summed E-state index contributed by atoms with van der Waals surface area (Å²) in [4.78, 5) is 12.0. The van der Waals surface area contributed by atoms with Gasteiger partial charge in [-0.05, 0) is 29.4 Å². The van der Waals surface area contributed by atoms with E-state index in [-0.39, 0.29) is 16.7 Å². The lowest BCUT2D eigenvalue weighted by Crippen LogP contribution is -2.47. The fourth-order valence-electron chi connectivity index (χ4n) is 3.20. The Labute approximate surface area is 146 Å². The Bertz CT molecular complexity index is 528. The van der Waals surface area contributed by atoms with Crippen LogP contribution in [0.2, 0.25) is 0 Å². The molecule has 0 unspecified atom stereocenters. The van der Waals surface area contributed by atoms with Crippen molar-refractivity contribution in [2.24, 2.45) is 0 Å². The minimum Gasteiger partial charge on any atom is -0.383 e. The predicted molar refractivity (Wildman–Crippen MR) is 98.4 cm³/mol. The fraction of sp³-hybridized carbons (Fsp3) is 0.650. The highest BCUT2D eigenvalue weighted by Gasteiger charge is 2.38. The van der Waals surface area contributed by atoms with Crippen LogP contribution in [0.25, 0.3) is 0 Å². The van der Waals surface area contributed by atoms with Gasteiger partial charge in [0.05, 0.1) is 13.2 Å². The van der Waals surface area contributed by atoms with Gasteiger partial charge in [-0.2, -0.15) is 0 Å². The molecule has 0 spiro atoms. The van der Waals surface area contributed by atoms with Crippen molar-refractivity contribution >= 4 is 5.91 Å². The Kier molecular flexibility index (Phi) is 6.41. The molecule has 1 amide bonds. The van der Waals surface area contributed by atoms with Gasteiger partial charge in [-0.15, -0.1) is 0 Å². The Balaban J connectivity index is 1.91. The molecule has 1 aliphatic rings. The smallest absolute Gasteiger partial charge is 0.233 e. The van der Waals surface area contributed by atoms with Crippen molar-refractivity contribution in [2.45, 2.75) is 50.9 Å². The van der Waals surface area contributed by atoms with Crippen LogP contribution in [0.15, 0.2) is 24.3 Å². The summed E-state index contributed by atoms with van der Waals surface area (Å²) in [5.74, 6) is 0.0590. The van der Waals surface area contributed by atoms with Gasteiger partial charge in [0.2, 0.25) is 5.91 Å². The van der Waals surface area contributed by atoms with Crippen LogP contribution in [-0.2, 0) is 20.4 Å². The molecule has 1 aromatic carbocycles. The maximum atomic E-state index is 12.0. The first-order chi connectivity index (χ1) is 11.4. The average Bonchev–Trinajstić information content (AvgIpc) is 2.50. The molecule has 1 aromatic rings. The van der Waals surface area contributed by atoms with Gasteiger partial charge in [0.25, 0.3) is 0 Å². The van der Waals surface area contributed by atoms with Crippen LogP contribution in [0.4, 0.5) is 0 Å². The first-order valence-electron chi connectivity index (χ1n) is 8.95. The number of methoxy groups -OCH3 is 1. The Morgan fingerprint density at radius 1 is 1.21 bits per heavy atom. The SMILES string of the molecule is COCCNCC(=O)NCC1(c2ccc(C(C)(C)C)cc2)CCC1. The van der Waals surface area contributed by atoms with E-state index in [4.69, 9.17) is 4.74 Å². The maximum absolute atomic E-state index is 12.0. The van der Waals surface area contributed by atoms with E-state index < -0.39 is 0 Å². The van der Waals surface area contributed by atoms with Crippen LogP contribution >= 0.6 is 0 Å². The summed E-state index contributed by atoms with van der Waals surface area (Å²) in [6.07, 6.45) is 3.54. The zero-order valence-electron chi connectivity index (χ0n) is 15.6. The molecule has 134 valence electrons.